The number of benzene rings is 1. The first-order valence-corrected chi connectivity index (χ1v) is 8.03. The molecule has 1 aliphatic rings. The van der Waals surface area contributed by atoms with Crippen LogP contribution in [0, 0.1) is 12.7 Å². The Morgan fingerprint density at radius 1 is 1.50 bits per heavy atom. The van der Waals surface area contributed by atoms with E-state index in [1.807, 2.05) is 0 Å². The molecule has 2 aromatic rings. The van der Waals surface area contributed by atoms with Gasteiger partial charge in [-0.25, -0.2) is 9.07 Å². The molecule has 0 aliphatic carbocycles. The molecule has 6 nitrogen and oxygen atoms in total. The third kappa shape index (κ3) is 3.41. The van der Waals surface area contributed by atoms with Crippen molar-refractivity contribution in [2.45, 2.75) is 38.8 Å². The molecular weight excluding hydrogens is 311 g/mol. The third-order valence-corrected chi connectivity index (χ3v) is 4.27. The Morgan fingerprint density at radius 2 is 2.29 bits per heavy atom. The third-order valence-electron chi connectivity index (χ3n) is 4.27. The average molecular weight is 332 g/mol. The van der Waals surface area contributed by atoms with E-state index < -0.39 is 5.91 Å². The smallest absolute Gasteiger partial charge is 0.275 e. The predicted molar refractivity (Wildman–Crippen MR) is 87.9 cm³/mol. The summed E-state index contributed by atoms with van der Waals surface area (Å²) in [5.41, 5.74) is 1.25. The normalized spacial score (nSPS) is 20.8. The molecule has 3 rings (SSSR count). The van der Waals surface area contributed by atoms with Crippen molar-refractivity contribution in [3.8, 4) is 11.4 Å². The van der Waals surface area contributed by atoms with Gasteiger partial charge in [0.2, 0.25) is 0 Å². The van der Waals surface area contributed by atoms with Crippen LogP contribution in [0.1, 0.15) is 35.8 Å². The van der Waals surface area contributed by atoms with Gasteiger partial charge in [0.15, 0.2) is 11.4 Å². The van der Waals surface area contributed by atoms with Crippen molar-refractivity contribution >= 4 is 5.91 Å². The highest BCUT2D eigenvalue weighted by atomic mass is 19.1. The molecule has 0 spiro atoms. The molecule has 1 aromatic carbocycles. The molecular formula is C17H21FN4O2. The Morgan fingerprint density at radius 3 is 3.00 bits per heavy atom. The quantitative estimate of drug-likeness (QED) is 0.802. The van der Waals surface area contributed by atoms with Gasteiger partial charge >= 0.3 is 0 Å². The number of aromatic hydroxyl groups is 1. The standard InChI is InChI=1S/C17H21FN4O2/c1-10-7-12(18)3-4-14(10)22-9-15(23)16(21-22)17(24)20-13-5-6-19-11(2)8-13/h3-4,7,9,11,13,19,23H,5-6,8H2,1-2H3,(H,20,24). The van der Waals surface area contributed by atoms with Gasteiger partial charge in [-0.1, -0.05) is 0 Å². The lowest BCUT2D eigenvalue weighted by Gasteiger charge is -2.28. The fraction of sp³-hybridized carbons (Fsp3) is 0.412. The van der Waals surface area contributed by atoms with Gasteiger partial charge in [-0.2, -0.15) is 5.10 Å². The number of hydrogen-bond acceptors (Lipinski definition) is 4. The minimum atomic E-state index is -0.398. The zero-order chi connectivity index (χ0) is 17.3. The van der Waals surface area contributed by atoms with Crippen LogP contribution in [-0.4, -0.2) is 39.4 Å². The first-order chi connectivity index (χ1) is 11.4. The molecule has 1 aromatic heterocycles. The van der Waals surface area contributed by atoms with Crippen LogP contribution in [0.25, 0.3) is 5.69 Å². The highest BCUT2D eigenvalue weighted by Gasteiger charge is 2.24. The van der Waals surface area contributed by atoms with E-state index >= 15 is 0 Å². The van der Waals surface area contributed by atoms with E-state index in [4.69, 9.17) is 0 Å². The van der Waals surface area contributed by atoms with Gasteiger partial charge < -0.3 is 15.7 Å². The van der Waals surface area contributed by atoms with Gasteiger partial charge in [0, 0.05) is 12.1 Å². The maximum atomic E-state index is 13.2. The Hall–Kier alpha value is -2.41. The number of amides is 1. The number of halogens is 1. The van der Waals surface area contributed by atoms with Crippen molar-refractivity contribution < 1.29 is 14.3 Å². The van der Waals surface area contributed by atoms with E-state index in [9.17, 15) is 14.3 Å². The molecule has 1 saturated heterocycles. The molecule has 24 heavy (non-hydrogen) atoms. The second-order valence-electron chi connectivity index (χ2n) is 6.29. The highest BCUT2D eigenvalue weighted by Crippen LogP contribution is 2.21. The largest absolute Gasteiger partial charge is 0.504 e. The van der Waals surface area contributed by atoms with Crippen molar-refractivity contribution in [1.82, 2.24) is 20.4 Å². The summed E-state index contributed by atoms with van der Waals surface area (Å²) < 4.78 is 14.6. The number of carbonyl (C=O) groups is 1. The second-order valence-corrected chi connectivity index (χ2v) is 6.29. The van der Waals surface area contributed by atoms with Crippen LogP contribution in [0.3, 0.4) is 0 Å². The van der Waals surface area contributed by atoms with Crippen molar-refractivity contribution in [1.29, 1.82) is 0 Å². The Kier molecular flexibility index (Phi) is 4.53. The maximum Gasteiger partial charge on any atom is 0.275 e. The summed E-state index contributed by atoms with van der Waals surface area (Å²) in [6.45, 7) is 4.66. The summed E-state index contributed by atoms with van der Waals surface area (Å²) in [6, 6.07) is 4.66. The number of rotatable bonds is 3. The highest BCUT2D eigenvalue weighted by molar-refractivity contribution is 5.95. The minimum absolute atomic E-state index is 0.0232. The number of piperidine rings is 1. The predicted octanol–water partition coefficient (Wildman–Crippen LogP) is 1.90. The number of aromatic nitrogens is 2. The lowest BCUT2D eigenvalue weighted by atomic mass is 10.0. The van der Waals surface area contributed by atoms with Crippen molar-refractivity contribution in [2.24, 2.45) is 0 Å². The summed E-state index contributed by atoms with van der Waals surface area (Å²) in [5, 5.41) is 20.5. The Labute approximate surface area is 139 Å². The summed E-state index contributed by atoms with van der Waals surface area (Å²) in [4.78, 5) is 12.4. The maximum absolute atomic E-state index is 13.2. The summed E-state index contributed by atoms with van der Waals surface area (Å²) in [6.07, 6.45) is 3.04. The van der Waals surface area contributed by atoms with E-state index in [0.29, 0.717) is 17.3 Å². The van der Waals surface area contributed by atoms with Crippen LogP contribution in [-0.2, 0) is 0 Å². The molecule has 0 radical (unpaired) electrons. The Balaban J connectivity index is 1.79. The summed E-state index contributed by atoms with van der Waals surface area (Å²) in [7, 11) is 0. The number of aryl methyl sites for hydroxylation is 1. The van der Waals surface area contributed by atoms with Gasteiger partial charge in [-0.3, -0.25) is 4.79 Å². The first-order valence-electron chi connectivity index (χ1n) is 8.03. The lowest BCUT2D eigenvalue weighted by molar-refractivity contribution is 0.0917. The SMILES string of the molecule is Cc1cc(F)ccc1-n1cc(O)c(C(=O)NC2CCNC(C)C2)n1. The zero-order valence-corrected chi connectivity index (χ0v) is 13.7. The van der Waals surface area contributed by atoms with E-state index in [0.717, 1.165) is 19.4 Å². The number of hydrogen-bond donors (Lipinski definition) is 3. The van der Waals surface area contributed by atoms with Gasteiger partial charge in [-0.15, -0.1) is 0 Å². The molecule has 2 atom stereocenters. The molecule has 7 heteroatoms. The molecule has 128 valence electrons. The molecule has 2 unspecified atom stereocenters. The van der Waals surface area contributed by atoms with Crippen molar-refractivity contribution in [3.63, 3.8) is 0 Å². The van der Waals surface area contributed by atoms with E-state index in [1.165, 1.54) is 23.0 Å². The van der Waals surface area contributed by atoms with Crippen LogP contribution in [0.4, 0.5) is 4.39 Å². The second kappa shape index (κ2) is 6.60. The molecule has 0 saturated carbocycles. The molecule has 2 heterocycles. The molecule has 3 N–H and O–H groups in total. The fourth-order valence-electron chi connectivity index (χ4n) is 3.04. The van der Waals surface area contributed by atoms with Crippen LogP contribution in [0.5, 0.6) is 5.75 Å². The minimum Gasteiger partial charge on any atom is -0.504 e. The van der Waals surface area contributed by atoms with E-state index in [-0.39, 0.29) is 23.3 Å². The first kappa shape index (κ1) is 16.4. The zero-order valence-electron chi connectivity index (χ0n) is 13.7. The molecule has 1 aliphatic heterocycles. The fourth-order valence-corrected chi connectivity index (χ4v) is 3.04. The molecule has 1 fully saturated rings. The van der Waals surface area contributed by atoms with Gasteiger partial charge in [0.25, 0.3) is 5.91 Å². The average Bonchev–Trinajstić information content (AvgIpc) is 2.89. The number of carbonyl (C=O) groups excluding carboxylic acids is 1. The summed E-state index contributed by atoms with van der Waals surface area (Å²) >= 11 is 0. The van der Waals surface area contributed by atoms with Gasteiger partial charge in [0.05, 0.1) is 11.9 Å². The Bertz CT molecular complexity index is 759. The van der Waals surface area contributed by atoms with Crippen LogP contribution in [0.2, 0.25) is 0 Å². The van der Waals surface area contributed by atoms with Gasteiger partial charge in [0.1, 0.15) is 5.82 Å². The topological polar surface area (TPSA) is 79.2 Å². The molecule has 1 amide bonds. The van der Waals surface area contributed by atoms with E-state index in [1.54, 1.807) is 13.0 Å². The van der Waals surface area contributed by atoms with E-state index in [2.05, 4.69) is 22.7 Å². The number of nitrogens with zero attached hydrogens (tertiary/aromatic N) is 2. The van der Waals surface area contributed by atoms with Crippen molar-refractivity contribution in [2.75, 3.05) is 6.54 Å². The van der Waals surface area contributed by atoms with Gasteiger partial charge in [-0.05, 0) is 57.0 Å². The monoisotopic (exact) mass is 332 g/mol. The molecule has 0 bridgehead atoms. The lowest BCUT2D eigenvalue weighted by Crippen LogP contribution is -2.46. The summed E-state index contributed by atoms with van der Waals surface area (Å²) in [5.74, 6) is -0.936. The number of nitrogens with one attached hydrogen (secondary N) is 2. The van der Waals surface area contributed by atoms with Crippen molar-refractivity contribution in [3.05, 3.63) is 41.5 Å². The van der Waals surface area contributed by atoms with Crippen LogP contribution >= 0.6 is 0 Å². The van der Waals surface area contributed by atoms with Crippen LogP contribution in [0.15, 0.2) is 24.4 Å². The van der Waals surface area contributed by atoms with Crippen LogP contribution < -0.4 is 10.6 Å².